The Bertz CT molecular complexity index is 1080. The molecule has 0 radical (unpaired) electrons. The van der Waals surface area contributed by atoms with Crippen LogP contribution in [0.4, 0.5) is 16.0 Å². The van der Waals surface area contributed by atoms with Crippen LogP contribution in [0.2, 0.25) is 5.02 Å². The Morgan fingerprint density at radius 2 is 2.00 bits per heavy atom. The van der Waals surface area contributed by atoms with Gasteiger partial charge in [-0.05, 0) is 24.5 Å². The maximum atomic E-state index is 14.4. The number of carboxylic acids is 1. The number of nitrogens with two attached hydrogens (primary N) is 1. The van der Waals surface area contributed by atoms with Crippen LogP contribution in [-0.2, 0) is 11.2 Å². The first-order chi connectivity index (χ1) is 14.9. The van der Waals surface area contributed by atoms with Gasteiger partial charge in [-0.3, -0.25) is 0 Å². The second-order valence-electron chi connectivity index (χ2n) is 6.86. The van der Waals surface area contributed by atoms with E-state index in [2.05, 4.69) is 9.97 Å². The molecule has 0 unspecified atom stereocenters. The zero-order valence-electron chi connectivity index (χ0n) is 17.3. The molecule has 1 aromatic heterocycles. The lowest BCUT2D eigenvalue weighted by atomic mass is 9.98. The van der Waals surface area contributed by atoms with E-state index >= 15 is 0 Å². The lowest BCUT2D eigenvalue weighted by molar-refractivity contribution is -0.132. The van der Waals surface area contributed by atoms with Gasteiger partial charge >= 0.3 is 5.97 Å². The summed E-state index contributed by atoms with van der Waals surface area (Å²) in [6.45, 7) is 3.94. The zero-order valence-corrected chi connectivity index (χ0v) is 18.1. The summed E-state index contributed by atoms with van der Waals surface area (Å²) in [5.41, 5.74) is 8.73. The predicted molar refractivity (Wildman–Crippen MR) is 118 cm³/mol. The molecule has 4 N–H and O–H groups in total. The molecule has 31 heavy (non-hydrogen) atoms. The summed E-state index contributed by atoms with van der Waals surface area (Å²) in [6, 6.07) is 4.67. The summed E-state index contributed by atoms with van der Waals surface area (Å²) in [6.07, 6.45) is 3.08. The van der Waals surface area contributed by atoms with Crippen LogP contribution >= 0.6 is 11.6 Å². The van der Waals surface area contributed by atoms with E-state index in [-0.39, 0.29) is 36.0 Å². The number of hydrogen-bond acceptors (Lipinski definition) is 6. The van der Waals surface area contributed by atoms with Crippen LogP contribution in [0.3, 0.4) is 0 Å². The fraction of sp³-hybridized carbons (Fsp3) is 0.318. The summed E-state index contributed by atoms with van der Waals surface area (Å²) < 4.78 is 14.4. The molecular weight excluding hydrogens is 423 g/mol. The van der Waals surface area contributed by atoms with Crippen LogP contribution < -0.4 is 10.6 Å². The van der Waals surface area contributed by atoms with Gasteiger partial charge < -0.3 is 20.8 Å². The third kappa shape index (κ3) is 4.55. The third-order valence-corrected chi connectivity index (χ3v) is 5.15. The number of aliphatic hydroxyl groups excluding tert-OH is 1. The summed E-state index contributed by atoms with van der Waals surface area (Å²) >= 11 is 5.86. The number of aliphatic carboxylic acids is 1. The minimum atomic E-state index is -1.09. The number of carboxylic acid groups (broad SMARTS) is 1. The zero-order chi connectivity index (χ0) is 22.7. The van der Waals surface area contributed by atoms with Crippen molar-refractivity contribution in [3.05, 3.63) is 63.3 Å². The molecule has 1 fully saturated rings. The monoisotopic (exact) mass is 446 g/mol. The molecule has 0 spiro atoms. The van der Waals surface area contributed by atoms with E-state index in [9.17, 15) is 19.4 Å². The Balaban J connectivity index is 0.00000132. The van der Waals surface area contributed by atoms with Crippen LogP contribution in [0.1, 0.15) is 43.6 Å². The van der Waals surface area contributed by atoms with E-state index in [1.54, 1.807) is 12.1 Å². The number of carbonyl (C=O) groups is 1. The minimum Gasteiger partial charge on any atom is -0.478 e. The number of aromatic nitrogens is 2. The number of halogens is 2. The van der Waals surface area contributed by atoms with Crippen molar-refractivity contribution in [2.24, 2.45) is 0 Å². The molecule has 2 aliphatic rings. The van der Waals surface area contributed by atoms with E-state index in [4.69, 9.17) is 17.3 Å². The lowest BCUT2D eigenvalue weighted by Crippen LogP contribution is -2.29. The Morgan fingerprint density at radius 1 is 1.29 bits per heavy atom. The van der Waals surface area contributed by atoms with Crippen LogP contribution in [0.25, 0.3) is 5.57 Å². The largest absolute Gasteiger partial charge is 0.478 e. The van der Waals surface area contributed by atoms with Crippen molar-refractivity contribution >= 4 is 34.8 Å². The average Bonchev–Trinajstić information content (AvgIpc) is 3.58. The summed E-state index contributed by atoms with van der Waals surface area (Å²) in [5, 5.41) is 19.1. The highest BCUT2D eigenvalue weighted by Crippen LogP contribution is 2.45. The number of anilines is 2. The number of β-amino-alcohol motifs (C(OH)–C–C–N with tert-alkyl or cyclic N) is 1. The van der Waals surface area contributed by atoms with E-state index in [1.807, 2.05) is 13.8 Å². The molecule has 1 aliphatic heterocycles. The molecule has 0 bridgehead atoms. The Kier molecular flexibility index (Phi) is 6.92. The van der Waals surface area contributed by atoms with Crippen molar-refractivity contribution in [1.82, 2.24) is 9.97 Å². The third-order valence-electron chi connectivity index (χ3n) is 4.86. The van der Waals surface area contributed by atoms with Crippen LogP contribution in [0.5, 0.6) is 0 Å². The standard InChI is InChI=1S/C20H18ClFN4O3.C2H6/c21-13-3-1-2-11(16(13)22)8-14-18(23)25-19-17(24-14)15(10-4-5-10)12(20(28)29)9-26(19)6-7-27;1-2/h1-3,9,27H,4-8H2,(H2,23,25)(H,28,29);1-2H3. The van der Waals surface area contributed by atoms with Gasteiger partial charge in [0.1, 0.15) is 17.3 Å². The molecule has 7 nitrogen and oxygen atoms in total. The van der Waals surface area contributed by atoms with Crippen molar-refractivity contribution in [2.75, 3.05) is 23.8 Å². The van der Waals surface area contributed by atoms with E-state index in [0.29, 0.717) is 28.3 Å². The summed E-state index contributed by atoms with van der Waals surface area (Å²) in [7, 11) is 0. The topological polar surface area (TPSA) is 113 Å². The molecule has 1 saturated carbocycles. The molecule has 0 saturated heterocycles. The van der Waals surface area contributed by atoms with Crippen molar-refractivity contribution in [2.45, 2.75) is 33.1 Å². The smallest absolute Gasteiger partial charge is 0.337 e. The number of fused-ring (bicyclic) bond motifs is 1. The highest BCUT2D eigenvalue weighted by Gasteiger charge is 2.34. The van der Waals surface area contributed by atoms with Gasteiger partial charge in [0.15, 0.2) is 5.82 Å². The molecule has 9 heteroatoms. The number of rotatable bonds is 5. The fourth-order valence-corrected chi connectivity index (χ4v) is 3.55. The second-order valence-corrected chi connectivity index (χ2v) is 7.27. The Morgan fingerprint density at radius 3 is 2.61 bits per heavy atom. The first-order valence-electron chi connectivity index (χ1n) is 10.0. The van der Waals surface area contributed by atoms with Crippen LogP contribution in [0.15, 0.2) is 35.5 Å². The highest BCUT2D eigenvalue weighted by molar-refractivity contribution is 6.30. The quantitative estimate of drug-likeness (QED) is 0.640. The van der Waals surface area contributed by atoms with Gasteiger partial charge in [-0.25, -0.2) is 19.2 Å². The highest BCUT2D eigenvalue weighted by atomic mass is 35.5. The maximum absolute atomic E-state index is 14.4. The Labute approximate surface area is 184 Å². The molecule has 1 aliphatic carbocycles. The van der Waals surface area contributed by atoms with Gasteiger partial charge in [0.25, 0.3) is 0 Å². The molecular formula is C22H24ClFN4O3. The molecule has 0 atom stereocenters. The Hall–Kier alpha value is -2.97. The number of nitrogen functional groups attached to an aromatic ring is 1. The number of nitrogens with zero attached hydrogens (tertiary/aromatic N) is 3. The van der Waals surface area contributed by atoms with E-state index in [0.717, 1.165) is 18.4 Å². The molecule has 2 heterocycles. The molecule has 4 rings (SSSR count). The molecule has 1 aromatic carbocycles. The summed E-state index contributed by atoms with van der Waals surface area (Å²) in [5.74, 6) is -1.15. The second kappa shape index (κ2) is 9.45. The predicted octanol–water partition coefficient (Wildman–Crippen LogP) is 3.80. The van der Waals surface area contributed by atoms with E-state index in [1.165, 1.54) is 17.2 Å². The average molecular weight is 447 g/mol. The number of aliphatic hydroxyl groups is 1. The van der Waals surface area contributed by atoms with Crippen molar-refractivity contribution in [3.63, 3.8) is 0 Å². The number of allylic oxidation sites excluding steroid dienone is 1. The summed E-state index contributed by atoms with van der Waals surface area (Å²) in [4.78, 5) is 22.4. The van der Waals surface area contributed by atoms with Gasteiger partial charge in [-0.15, -0.1) is 0 Å². The van der Waals surface area contributed by atoms with E-state index < -0.39 is 11.8 Å². The van der Waals surface area contributed by atoms with Crippen molar-refractivity contribution in [1.29, 1.82) is 0 Å². The van der Waals surface area contributed by atoms with Gasteiger partial charge in [-0.1, -0.05) is 43.2 Å². The van der Waals surface area contributed by atoms with Gasteiger partial charge in [0, 0.05) is 24.7 Å². The van der Waals surface area contributed by atoms with Gasteiger partial charge in [0.05, 0.1) is 22.9 Å². The molecule has 2 aromatic rings. The van der Waals surface area contributed by atoms with Crippen molar-refractivity contribution < 1.29 is 19.4 Å². The number of hydrogen-bond donors (Lipinski definition) is 3. The van der Waals surface area contributed by atoms with Gasteiger partial charge in [0.2, 0.25) is 0 Å². The van der Waals surface area contributed by atoms with Crippen LogP contribution in [-0.4, -0.2) is 39.3 Å². The van der Waals surface area contributed by atoms with Crippen molar-refractivity contribution in [3.8, 4) is 0 Å². The molecule has 164 valence electrons. The first-order valence-corrected chi connectivity index (χ1v) is 10.4. The van der Waals surface area contributed by atoms with Crippen LogP contribution in [0, 0.1) is 5.82 Å². The normalized spacial score (nSPS) is 14.5. The molecule has 0 amide bonds. The fourth-order valence-electron chi connectivity index (χ4n) is 3.36. The minimum absolute atomic E-state index is 0.00186. The maximum Gasteiger partial charge on any atom is 0.337 e. The first kappa shape index (κ1) is 22.7. The van der Waals surface area contributed by atoms with Gasteiger partial charge in [-0.2, -0.15) is 0 Å². The SMILES string of the molecule is CC.Nc1nc2c(nc1Cc1cccc(Cl)c1F)C(=C1CC1)C(C(=O)O)=CN2CCO. The lowest BCUT2D eigenvalue weighted by Gasteiger charge is -2.28. The number of benzene rings is 1.